The molecule has 0 spiro atoms. The van der Waals surface area contributed by atoms with Gasteiger partial charge in [0, 0.05) is 24.6 Å². The van der Waals surface area contributed by atoms with Gasteiger partial charge >= 0.3 is 0 Å². The van der Waals surface area contributed by atoms with Crippen molar-refractivity contribution < 1.29 is 14.6 Å². The molecule has 1 unspecified atom stereocenters. The highest BCUT2D eigenvalue weighted by Gasteiger charge is 2.21. The van der Waals surface area contributed by atoms with Gasteiger partial charge in [0.15, 0.2) is 0 Å². The van der Waals surface area contributed by atoms with Crippen LogP contribution in [0.2, 0.25) is 0 Å². The van der Waals surface area contributed by atoms with E-state index in [-0.39, 0.29) is 25.1 Å². The molecule has 1 heterocycles. The summed E-state index contributed by atoms with van der Waals surface area (Å²) in [6.07, 6.45) is 3.65. The van der Waals surface area contributed by atoms with E-state index in [0.29, 0.717) is 18.5 Å². The number of nitrogens with zero attached hydrogens (tertiary/aromatic N) is 1. The molecule has 0 aliphatic carbocycles. The van der Waals surface area contributed by atoms with E-state index in [2.05, 4.69) is 16.7 Å². The second-order valence-corrected chi connectivity index (χ2v) is 5.43. The molecule has 1 aliphatic heterocycles. The quantitative estimate of drug-likeness (QED) is 0.833. The maximum atomic E-state index is 13.7. The molecule has 1 saturated heterocycles. The van der Waals surface area contributed by atoms with Gasteiger partial charge in [-0.05, 0) is 43.1 Å². The lowest BCUT2D eigenvalue weighted by molar-refractivity contribution is 0.0840. The predicted molar refractivity (Wildman–Crippen MR) is 80.1 cm³/mol. The molecule has 1 aromatic rings. The topological polar surface area (TPSA) is 43.7 Å². The van der Waals surface area contributed by atoms with Gasteiger partial charge in [-0.25, -0.2) is 4.39 Å². The van der Waals surface area contributed by atoms with Gasteiger partial charge in [0.05, 0.1) is 13.2 Å². The van der Waals surface area contributed by atoms with Crippen LogP contribution < -0.4 is 0 Å². The average Bonchev–Trinajstić information content (AvgIpc) is 2.47. The van der Waals surface area contributed by atoms with Crippen LogP contribution in [0.4, 0.5) is 4.39 Å². The van der Waals surface area contributed by atoms with Crippen molar-refractivity contribution in [3.05, 3.63) is 35.1 Å². The molecule has 0 bridgehead atoms. The molecule has 2 rings (SSSR count). The minimum absolute atomic E-state index is 0.0150. The number of aliphatic hydroxyl groups excluding tert-OH is 2. The normalized spacial score (nSPS) is 19.1. The Bertz CT molecular complexity index is 521. The summed E-state index contributed by atoms with van der Waals surface area (Å²) in [5.74, 6) is 5.39. The number of aliphatic hydroxyl groups is 2. The molecule has 1 fully saturated rings. The Labute approximate surface area is 125 Å². The first kappa shape index (κ1) is 16.0. The molecule has 3 nitrogen and oxygen atoms in total. The number of hydrogen-bond acceptors (Lipinski definition) is 3. The fourth-order valence-corrected chi connectivity index (χ4v) is 2.74. The van der Waals surface area contributed by atoms with Gasteiger partial charge in [0.2, 0.25) is 0 Å². The van der Waals surface area contributed by atoms with Crippen molar-refractivity contribution in [2.24, 2.45) is 0 Å². The first-order chi connectivity index (χ1) is 10.2. The lowest BCUT2D eigenvalue weighted by atomic mass is 10.0. The largest absolute Gasteiger partial charge is 0.395 e. The highest BCUT2D eigenvalue weighted by molar-refractivity contribution is 5.37. The average molecular weight is 291 g/mol. The van der Waals surface area contributed by atoms with Crippen molar-refractivity contribution in [3.63, 3.8) is 0 Å². The van der Waals surface area contributed by atoms with Gasteiger partial charge in [0.1, 0.15) is 5.82 Å². The van der Waals surface area contributed by atoms with E-state index in [1.165, 1.54) is 12.1 Å². The molecular formula is C17H22FNO2. The maximum Gasteiger partial charge on any atom is 0.124 e. The van der Waals surface area contributed by atoms with Crippen molar-refractivity contribution in [2.45, 2.75) is 38.3 Å². The van der Waals surface area contributed by atoms with Gasteiger partial charge in [0.25, 0.3) is 0 Å². The van der Waals surface area contributed by atoms with Crippen LogP contribution in [0.3, 0.4) is 0 Å². The molecular weight excluding hydrogens is 269 g/mol. The summed E-state index contributed by atoms with van der Waals surface area (Å²) in [5.41, 5.74) is 1.51. The summed E-state index contributed by atoms with van der Waals surface area (Å²) in [7, 11) is 0. The van der Waals surface area contributed by atoms with Crippen LogP contribution >= 0.6 is 0 Å². The van der Waals surface area contributed by atoms with Crippen LogP contribution in [0.5, 0.6) is 0 Å². The number of hydrogen-bond donors (Lipinski definition) is 2. The summed E-state index contributed by atoms with van der Waals surface area (Å²) in [6.45, 7) is 1.74. The molecule has 0 aromatic heterocycles. The SMILES string of the molecule is OCCC#Cc1cc(F)cc(CN2CCCCC2CO)c1. The standard InChI is InChI=1S/C17H22FNO2/c18-16-10-14(5-2-4-8-20)9-15(11-16)12-19-7-3-1-6-17(19)13-21/h9-11,17,20-21H,1,3-4,6-8,12-13H2. The van der Waals surface area contributed by atoms with E-state index in [1.807, 2.05) is 6.07 Å². The molecule has 1 aliphatic rings. The summed E-state index contributed by atoms with van der Waals surface area (Å²) < 4.78 is 13.7. The maximum absolute atomic E-state index is 13.7. The summed E-state index contributed by atoms with van der Waals surface area (Å²) in [4.78, 5) is 2.21. The third kappa shape index (κ3) is 4.82. The van der Waals surface area contributed by atoms with Gasteiger partial charge < -0.3 is 10.2 Å². The molecule has 114 valence electrons. The second-order valence-electron chi connectivity index (χ2n) is 5.43. The van der Waals surface area contributed by atoms with Gasteiger partial charge in [-0.1, -0.05) is 18.3 Å². The van der Waals surface area contributed by atoms with Crippen LogP contribution in [0.15, 0.2) is 18.2 Å². The van der Waals surface area contributed by atoms with Crippen molar-refractivity contribution in [2.75, 3.05) is 19.8 Å². The van der Waals surface area contributed by atoms with Gasteiger partial charge in [-0.3, -0.25) is 4.90 Å². The van der Waals surface area contributed by atoms with E-state index >= 15 is 0 Å². The summed E-state index contributed by atoms with van der Waals surface area (Å²) in [6, 6.07) is 5.00. The number of piperidine rings is 1. The lowest BCUT2D eigenvalue weighted by Gasteiger charge is -2.34. The van der Waals surface area contributed by atoms with Crippen molar-refractivity contribution in [1.82, 2.24) is 4.90 Å². The Morgan fingerprint density at radius 2 is 2.10 bits per heavy atom. The van der Waals surface area contributed by atoms with Crippen molar-refractivity contribution >= 4 is 0 Å². The first-order valence-electron chi connectivity index (χ1n) is 7.47. The van der Waals surface area contributed by atoms with Crippen LogP contribution in [0.25, 0.3) is 0 Å². The minimum atomic E-state index is -0.293. The molecule has 0 amide bonds. The van der Waals surface area contributed by atoms with E-state index in [4.69, 9.17) is 5.11 Å². The van der Waals surface area contributed by atoms with E-state index in [1.54, 1.807) is 0 Å². The van der Waals surface area contributed by atoms with Crippen LogP contribution in [-0.4, -0.2) is 40.9 Å². The predicted octanol–water partition coefficient (Wildman–Crippen LogP) is 1.91. The molecule has 0 radical (unpaired) electrons. The Balaban J connectivity index is 2.10. The Morgan fingerprint density at radius 3 is 2.86 bits per heavy atom. The highest BCUT2D eigenvalue weighted by atomic mass is 19.1. The van der Waals surface area contributed by atoms with Crippen LogP contribution in [0, 0.1) is 17.7 Å². The summed E-state index contributed by atoms with van der Waals surface area (Å²) >= 11 is 0. The number of benzene rings is 1. The molecule has 0 saturated carbocycles. The Morgan fingerprint density at radius 1 is 1.24 bits per heavy atom. The fraction of sp³-hybridized carbons (Fsp3) is 0.529. The first-order valence-corrected chi connectivity index (χ1v) is 7.47. The lowest BCUT2D eigenvalue weighted by Crippen LogP contribution is -2.41. The third-order valence-corrected chi connectivity index (χ3v) is 3.77. The molecule has 1 aromatic carbocycles. The Hall–Kier alpha value is -1.41. The van der Waals surface area contributed by atoms with Gasteiger partial charge in [-0.15, -0.1) is 0 Å². The highest BCUT2D eigenvalue weighted by Crippen LogP contribution is 2.20. The second kappa shape index (κ2) is 8.14. The van der Waals surface area contributed by atoms with Crippen LogP contribution in [0.1, 0.15) is 36.8 Å². The monoisotopic (exact) mass is 291 g/mol. The third-order valence-electron chi connectivity index (χ3n) is 3.77. The van der Waals surface area contributed by atoms with Crippen molar-refractivity contribution in [3.8, 4) is 11.8 Å². The zero-order valence-corrected chi connectivity index (χ0v) is 12.2. The fourth-order valence-electron chi connectivity index (χ4n) is 2.74. The molecule has 4 heteroatoms. The molecule has 1 atom stereocenters. The van der Waals surface area contributed by atoms with Gasteiger partial charge in [-0.2, -0.15) is 0 Å². The summed E-state index contributed by atoms with van der Waals surface area (Å²) in [5, 5.41) is 18.1. The number of rotatable bonds is 4. The molecule has 21 heavy (non-hydrogen) atoms. The molecule has 2 N–H and O–H groups in total. The van der Waals surface area contributed by atoms with E-state index in [0.717, 1.165) is 31.4 Å². The van der Waals surface area contributed by atoms with Crippen LogP contribution in [-0.2, 0) is 6.54 Å². The van der Waals surface area contributed by atoms with Crippen molar-refractivity contribution in [1.29, 1.82) is 0 Å². The number of likely N-dealkylation sites (tertiary alicyclic amines) is 1. The Kier molecular flexibility index (Phi) is 6.19. The minimum Gasteiger partial charge on any atom is -0.395 e. The van der Waals surface area contributed by atoms with E-state index in [9.17, 15) is 9.50 Å². The smallest absolute Gasteiger partial charge is 0.124 e. The zero-order valence-electron chi connectivity index (χ0n) is 12.2. The van der Waals surface area contributed by atoms with E-state index < -0.39 is 0 Å². The number of halogens is 1. The zero-order chi connectivity index (χ0) is 15.1.